The van der Waals surface area contributed by atoms with Gasteiger partial charge in [0.2, 0.25) is 5.91 Å². The number of terminal acetylenes is 1. The van der Waals surface area contributed by atoms with Crippen molar-refractivity contribution in [2.75, 3.05) is 5.32 Å². The van der Waals surface area contributed by atoms with Crippen LogP contribution >= 0.6 is 0 Å². The van der Waals surface area contributed by atoms with Gasteiger partial charge in [0, 0.05) is 17.3 Å². The Morgan fingerprint density at radius 2 is 1.96 bits per heavy atom. The molecule has 0 saturated carbocycles. The van der Waals surface area contributed by atoms with Gasteiger partial charge >= 0.3 is 6.61 Å². The molecule has 2 aromatic carbocycles. The summed E-state index contributed by atoms with van der Waals surface area (Å²) in [6, 6.07) is 12.9. The van der Waals surface area contributed by atoms with Crippen molar-refractivity contribution in [3.05, 3.63) is 65.7 Å². The monoisotopic (exact) mass is 313 g/mol. The molecular weight excluding hydrogens is 300 g/mol. The lowest BCUT2D eigenvalue weighted by Crippen LogP contribution is -2.07. The lowest BCUT2D eigenvalue weighted by atomic mass is 10.2. The summed E-state index contributed by atoms with van der Waals surface area (Å²) in [5, 5.41) is 2.68. The van der Waals surface area contributed by atoms with Gasteiger partial charge in [-0.05, 0) is 42.0 Å². The number of hydrogen-bond donors (Lipinski definition) is 1. The fourth-order valence-electron chi connectivity index (χ4n) is 1.80. The Hall–Kier alpha value is -3.13. The molecule has 3 nitrogen and oxygen atoms in total. The van der Waals surface area contributed by atoms with E-state index in [4.69, 9.17) is 6.42 Å². The topological polar surface area (TPSA) is 38.3 Å². The molecule has 2 rings (SSSR count). The van der Waals surface area contributed by atoms with Gasteiger partial charge in [-0.1, -0.05) is 24.1 Å². The maximum Gasteiger partial charge on any atom is 0.387 e. The Morgan fingerprint density at radius 3 is 2.61 bits per heavy atom. The largest absolute Gasteiger partial charge is 0.435 e. The number of hydrogen-bond acceptors (Lipinski definition) is 2. The average Bonchev–Trinajstić information content (AvgIpc) is 2.54. The van der Waals surface area contributed by atoms with Crippen molar-refractivity contribution in [3.63, 3.8) is 0 Å². The second-order valence-corrected chi connectivity index (χ2v) is 4.50. The van der Waals surface area contributed by atoms with Crippen molar-refractivity contribution in [3.8, 4) is 18.1 Å². The van der Waals surface area contributed by atoms with Crippen molar-refractivity contribution in [2.45, 2.75) is 6.61 Å². The fourth-order valence-corrected chi connectivity index (χ4v) is 1.80. The predicted molar refractivity (Wildman–Crippen MR) is 85.1 cm³/mol. The van der Waals surface area contributed by atoms with Crippen LogP contribution in [0.4, 0.5) is 14.5 Å². The van der Waals surface area contributed by atoms with Crippen LogP contribution in [0.15, 0.2) is 54.6 Å². The molecule has 0 aliphatic rings. The average molecular weight is 313 g/mol. The molecule has 2 aromatic rings. The first-order valence-electron chi connectivity index (χ1n) is 6.67. The highest BCUT2D eigenvalue weighted by molar-refractivity contribution is 6.02. The first kappa shape index (κ1) is 16.2. The molecule has 0 unspecified atom stereocenters. The Morgan fingerprint density at radius 1 is 1.22 bits per heavy atom. The lowest BCUT2D eigenvalue weighted by Gasteiger charge is -2.04. The van der Waals surface area contributed by atoms with Crippen molar-refractivity contribution >= 4 is 17.7 Å². The second-order valence-electron chi connectivity index (χ2n) is 4.50. The molecule has 1 amide bonds. The van der Waals surface area contributed by atoms with Crippen LogP contribution in [0.2, 0.25) is 0 Å². The highest BCUT2D eigenvalue weighted by Gasteiger charge is 2.03. The Balaban J connectivity index is 1.96. The molecule has 0 aliphatic carbocycles. The molecule has 1 N–H and O–H groups in total. The third-order valence-electron chi connectivity index (χ3n) is 2.83. The van der Waals surface area contributed by atoms with E-state index in [0.717, 1.165) is 0 Å². The van der Waals surface area contributed by atoms with Gasteiger partial charge in [-0.3, -0.25) is 4.79 Å². The molecule has 0 aliphatic heterocycles. The summed E-state index contributed by atoms with van der Waals surface area (Å²) in [5.41, 5.74) is 1.94. The third kappa shape index (κ3) is 5.29. The van der Waals surface area contributed by atoms with Crippen LogP contribution in [0.5, 0.6) is 5.75 Å². The van der Waals surface area contributed by atoms with Crippen LogP contribution in [0.1, 0.15) is 11.1 Å². The summed E-state index contributed by atoms with van der Waals surface area (Å²) in [4.78, 5) is 11.8. The molecule has 116 valence electrons. The van der Waals surface area contributed by atoms with E-state index >= 15 is 0 Å². The quantitative estimate of drug-likeness (QED) is 0.671. The Labute approximate surface area is 132 Å². The standard InChI is InChI=1S/C18H13F2NO2/c1-2-13-4-3-5-15(12-13)21-17(22)11-8-14-6-9-16(10-7-14)23-18(19)20/h1,3-12,18H,(H,21,22)/b11-8+. The van der Waals surface area contributed by atoms with Crippen molar-refractivity contribution < 1.29 is 18.3 Å². The van der Waals surface area contributed by atoms with Crippen LogP contribution in [-0.2, 0) is 4.79 Å². The number of carbonyl (C=O) groups excluding carboxylic acids is 1. The van der Waals surface area contributed by atoms with E-state index in [2.05, 4.69) is 16.0 Å². The smallest absolute Gasteiger partial charge is 0.387 e. The third-order valence-corrected chi connectivity index (χ3v) is 2.83. The second kappa shape index (κ2) is 7.76. The van der Waals surface area contributed by atoms with Crippen LogP contribution in [0.25, 0.3) is 6.08 Å². The summed E-state index contributed by atoms with van der Waals surface area (Å²) in [7, 11) is 0. The highest BCUT2D eigenvalue weighted by Crippen LogP contribution is 2.16. The zero-order valence-electron chi connectivity index (χ0n) is 12.0. The molecule has 0 heterocycles. The summed E-state index contributed by atoms with van der Waals surface area (Å²) in [6.07, 6.45) is 8.19. The molecule has 0 bridgehead atoms. The van der Waals surface area contributed by atoms with Crippen LogP contribution in [0, 0.1) is 12.3 Å². The van der Waals surface area contributed by atoms with Gasteiger partial charge in [0.15, 0.2) is 0 Å². The minimum Gasteiger partial charge on any atom is -0.435 e. The van der Waals surface area contributed by atoms with Gasteiger partial charge in [-0.15, -0.1) is 6.42 Å². The minimum atomic E-state index is -2.86. The summed E-state index contributed by atoms with van der Waals surface area (Å²) in [6.45, 7) is -2.86. The number of benzene rings is 2. The maximum absolute atomic E-state index is 12.0. The molecule has 5 heteroatoms. The SMILES string of the molecule is C#Cc1cccc(NC(=O)/C=C/c2ccc(OC(F)F)cc2)c1. The van der Waals surface area contributed by atoms with Gasteiger partial charge in [0.1, 0.15) is 5.75 Å². The van der Waals surface area contributed by atoms with Gasteiger partial charge in [-0.2, -0.15) is 8.78 Å². The Bertz CT molecular complexity index is 746. The summed E-state index contributed by atoms with van der Waals surface area (Å²) in [5.74, 6) is 2.22. The molecule has 0 fully saturated rings. The zero-order chi connectivity index (χ0) is 16.7. The molecule has 0 saturated heterocycles. The number of carbonyl (C=O) groups is 1. The van der Waals surface area contributed by atoms with Gasteiger partial charge in [0.25, 0.3) is 0 Å². The van der Waals surface area contributed by atoms with E-state index in [9.17, 15) is 13.6 Å². The fraction of sp³-hybridized carbons (Fsp3) is 0.0556. The molecule has 0 atom stereocenters. The van der Waals surface area contributed by atoms with Crippen molar-refractivity contribution in [2.24, 2.45) is 0 Å². The van der Waals surface area contributed by atoms with Crippen LogP contribution in [-0.4, -0.2) is 12.5 Å². The van der Waals surface area contributed by atoms with Crippen molar-refractivity contribution in [1.82, 2.24) is 0 Å². The van der Waals surface area contributed by atoms with E-state index in [1.54, 1.807) is 42.5 Å². The van der Waals surface area contributed by atoms with Gasteiger partial charge in [0.05, 0.1) is 0 Å². The van der Waals surface area contributed by atoms with E-state index in [-0.39, 0.29) is 11.7 Å². The zero-order valence-corrected chi connectivity index (χ0v) is 12.0. The number of halogens is 2. The Kier molecular flexibility index (Phi) is 5.48. The lowest BCUT2D eigenvalue weighted by molar-refractivity contribution is -0.111. The van der Waals surface area contributed by atoms with E-state index < -0.39 is 6.61 Å². The number of rotatable bonds is 5. The summed E-state index contributed by atoms with van der Waals surface area (Å²) < 4.78 is 28.3. The maximum atomic E-state index is 12.0. The first-order chi connectivity index (χ1) is 11.1. The number of amides is 1. The van der Waals surface area contributed by atoms with Gasteiger partial charge in [-0.25, -0.2) is 0 Å². The summed E-state index contributed by atoms with van der Waals surface area (Å²) >= 11 is 0. The highest BCUT2D eigenvalue weighted by atomic mass is 19.3. The van der Waals surface area contributed by atoms with Crippen LogP contribution < -0.4 is 10.1 Å². The number of anilines is 1. The minimum absolute atomic E-state index is 0.0627. The predicted octanol–water partition coefficient (Wildman–Crippen LogP) is 3.92. The molecular formula is C18H13F2NO2. The van der Waals surface area contributed by atoms with E-state index in [1.807, 2.05) is 0 Å². The van der Waals surface area contributed by atoms with E-state index in [1.165, 1.54) is 18.2 Å². The molecule has 0 radical (unpaired) electrons. The van der Waals surface area contributed by atoms with Crippen molar-refractivity contribution in [1.29, 1.82) is 0 Å². The normalized spacial score (nSPS) is 10.5. The molecule has 0 aromatic heterocycles. The number of ether oxygens (including phenoxy) is 1. The van der Waals surface area contributed by atoms with Gasteiger partial charge < -0.3 is 10.1 Å². The first-order valence-corrected chi connectivity index (χ1v) is 6.67. The number of alkyl halides is 2. The number of nitrogens with one attached hydrogen (secondary N) is 1. The molecule has 23 heavy (non-hydrogen) atoms. The molecule has 0 spiro atoms. The van der Waals surface area contributed by atoms with E-state index in [0.29, 0.717) is 16.8 Å². The van der Waals surface area contributed by atoms with Crippen LogP contribution in [0.3, 0.4) is 0 Å².